The smallest absolute Gasteiger partial charge is 0.207 e. The molecular formula is C6H11NO2. The van der Waals surface area contributed by atoms with E-state index in [1.807, 2.05) is 19.9 Å². The molecule has 9 heavy (non-hydrogen) atoms. The third-order valence-corrected chi connectivity index (χ3v) is 1.18. The highest BCUT2D eigenvalue weighted by Crippen LogP contribution is 1.97. The van der Waals surface area contributed by atoms with Gasteiger partial charge in [0.25, 0.3) is 0 Å². The first-order valence-electron chi connectivity index (χ1n) is 2.90. The molecule has 0 spiro atoms. The Morgan fingerprint density at radius 2 is 2.33 bits per heavy atom. The zero-order valence-corrected chi connectivity index (χ0v) is 5.76. The van der Waals surface area contributed by atoms with Crippen LogP contribution in [0.5, 0.6) is 0 Å². The molecule has 0 N–H and O–H groups in total. The van der Waals surface area contributed by atoms with Crippen molar-refractivity contribution in [3.05, 3.63) is 21.8 Å². The van der Waals surface area contributed by atoms with Gasteiger partial charge in [0.05, 0.1) is 0 Å². The predicted molar refractivity (Wildman–Crippen MR) is 35.9 cm³/mol. The molecule has 0 radical (unpaired) electrons. The minimum atomic E-state index is -0.299. The molecule has 0 fully saturated rings. The number of hydrogen-bond donors (Lipinski definition) is 0. The van der Waals surface area contributed by atoms with Crippen LogP contribution in [0.15, 0.2) is 11.6 Å². The average Bonchev–Trinajstić information content (AvgIpc) is 1.83. The van der Waals surface area contributed by atoms with Gasteiger partial charge in [-0.25, -0.2) is 0 Å². The molecule has 0 aromatic rings. The maximum absolute atomic E-state index is 9.80. The van der Waals surface area contributed by atoms with Crippen molar-refractivity contribution in [3.63, 3.8) is 0 Å². The maximum Gasteiger partial charge on any atom is 0.207 e. The highest BCUT2D eigenvalue weighted by Gasteiger charge is 1.95. The summed E-state index contributed by atoms with van der Waals surface area (Å²) in [7, 11) is 0. The van der Waals surface area contributed by atoms with Gasteiger partial charge < -0.3 is 0 Å². The van der Waals surface area contributed by atoms with Gasteiger partial charge in [-0.15, -0.1) is 0 Å². The van der Waals surface area contributed by atoms with E-state index in [9.17, 15) is 10.1 Å². The lowest BCUT2D eigenvalue weighted by atomic mass is 10.2. The molecule has 3 nitrogen and oxygen atoms in total. The Morgan fingerprint density at radius 1 is 1.78 bits per heavy atom. The van der Waals surface area contributed by atoms with Crippen molar-refractivity contribution in [1.82, 2.24) is 0 Å². The number of nitrogens with zero attached hydrogens (tertiary/aromatic N) is 1. The van der Waals surface area contributed by atoms with Crippen LogP contribution in [0.2, 0.25) is 0 Å². The van der Waals surface area contributed by atoms with Crippen LogP contribution >= 0.6 is 0 Å². The molecule has 0 unspecified atom stereocenters. The van der Waals surface area contributed by atoms with Gasteiger partial charge in [0.1, 0.15) is 0 Å². The zero-order chi connectivity index (χ0) is 7.28. The van der Waals surface area contributed by atoms with Gasteiger partial charge in [0, 0.05) is 11.3 Å². The lowest BCUT2D eigenvalue weighted by Gasteiger charge is -1.92. The molecule has 0 aliphatic rings. The summed E-state index contributed by atoms with van der Waals surface area (Å²) < 4.78 is 0. The number of nitro groups is 1. The minimum Gasteiger partial charge on any atom is -0.265 e. The fourth-order valence-electron chi connectivity index (χ4n) is 0.412. The van der Waals surface area contributed by atoms with E-state index in [-0.39, 0.29) is 11.5 Å². The average molecular weight is 129 g/mol. The summed E-state index contributed by atoms with van der Waals surface area (Å²) in [5.41, 5.74) is 1.08. The van der Waals surface area contributed by atoms with Gasteiger partial charge in [0.2, 0.25) is 6.54 Å². The first kappa shape index (κ1) is 8.14. The Morgan fingerprint density at radius 3 is 2.67 bits per heavy atom. The minimum absolute atomic E-state index is 0.0518. The molecular weight excluding hydrogens is 118 g/mol. The van der Waals surface area contributed by atoms with Crippen molar-refractivity contribution in [3.8, 4) is 0 Å². The highest BCUT2D eigenvalue weighted by molar-refractivity contribution is 4.94. The van der Waals surface area contributed by atoms with E-state index in [1.54, 1.807) is 0 Å². The Bertz CT molecular complexity index is 129. The van der Waals surface area contributed by atoms with E-state index >= 15 is 0 Å². The van der Waals surface area contributed by atoms with E-state index in [0.29, 0.717) is 6.42 Å². The van der Waals surface area contributed by atoms with E-state index in [4.69, 9.17) is 0 Å². The molecule has 0 aromatic carbocycles. The molecule has 0 aromatic heterocycles. The Hall–Kier alpha value is -0.860. The van der Waals surface area contributed by atoms with E-state index < -0.39 is 0 Å². The van der Waals surface area contributed by atoms with Crippen LogP contribution in [-0.2, 0) is 0 Å². The normalized spacial score (nSPS) is 11.6. The van der Waals surface area contributed by atoms with Crippen LogP contribution < -0.4 is 0 Å². The van der Waals surface area contributed by atoms with Crippen molar-refractivity contribution in [2.45, 2.75) is 20.3 Å². The first-order chi connectivity index (χ1) is 4.16. The summed E-state index contributed by atoms with van der Waals surface area (Å²) in [5, 5.41) is 9.80. The third kappa shape index (κ3) is 5.00. The highest BCUT2D eigenvalue weighted by atomic mass is 16.6. The van der Waals surface area contributed by atoms with Gasteiger partial charge in [-0.3, -0.25) is 10.1 Å². The SMILES string of the molecule is C/C=C(\C)CC[N+](=O)[O-]. The van der Waals surface area contributed by atoms with Crippen LogP contribution in [-0.4, -0.2) is 11.5 Å². The Balaban J connectivity index is 3.39. The summed E-state index contributed by atoms with van der Waals surface area (Å²) in [6.45, 7) is 3.83. The van der Waals surface area contributed by atoms with Crippen LogP contribution in [0.1, 0.15) is 20.3 Å². The van der Waals surface area contributed by atoms with Crippen LogP contribution in [0.3, 0.4) is 0 Å². The lowest BCUT2D eigenvalue weighted by molar-refractivity contribution is -0.479. The summed E-state index contributed by atoms with van der Waals surface area (Å²) in [6, 6.07) is 0. The van der Waals surface area contributed by atoms with Gasteiger partial charge in [-0.1, -0.05) is 11.6 Å². The summed E-state index contributed by atoms with van der Waals surface area (Å²) >= 11 is 0. The number of allylic oxidation sites excluding steroid dienone is 1. The molecule has 0 amide bonds. The maximum atomic E-state index is 9.80. The van der Waals surface area contributed by atoms with Gasteiger partial charge in [-0.2, -0.15) is 0 Å². The van der Waals surface area contributed by atoms with Gasteiger partial charge in [0.15, 0.2) is 0 Å². The lowest BCUT2D eigenvalue weighted by Crippen LogP contribution is -2.00. The topological polar surface area (TPSA) is 43.1 Å². The second-order valence-electron chi connectivity index (χ2n) is 1.94. The molecule has 0 atom stereocenters. The molecule has 52 valence electrons. The van der Waals surface area contributed by atoms with Gasteiger partial charge in [-0.05, 0) is 13.8 Å². The first-order valence-corrected chi connectivity index (χ1v) is 2.90. The predicted octanol–water partition coefficient (Wildman–Crippen LogP) is 1.62. The van der Waals surface area contributed by atoms with E-state index in [0.717, 1.165) is 5.57 Å². The van der Waals surface area contributed by atoms with Crippen LogP contribution in [0.25, 0.3) is 0 Å². The summed E-state index contributed by atoms with van der Waals surface area (Å²) in [6.07, 6.45) is 2.47. The molecule has 0 bridgehead atoms. The Kier molecular flexibility index (Phi) is 3.67. The molecule has 0 aliphatic heterocycles. The second kappa shape index (κ2) is 4.06. The zero-order valence-electron chi connectivity index (χ0n) is 5.76. The van der Waals surface area contributed by atoms with Crippen LogP contribution in [0, 0.1) is 10.1 Å². The van der Waals surface area contributed by atoms with Crippen molar-refractivity contribution < 1.29 is 4.92 Å². The largest absolute Gasteiger partial charge is 0.265 e. The third-order valence-electron chi connectivity index (χ3n) is 1.18. The fourth-order valence-corrected chi connectivity index (χ4v) is 0.412. The Labute approximate surface area is 54.5 Å². The molecule has 0 saturated carbocycles. The van der Waals surface area contributed by atoms with Gasteiger partial charge >= 0.3 is 0 Å². The van der Waals surface area contributed by atoms with Crippen molar-refractivity contribution >= 4 is 0 Å². The van der Waals surface area contributed by atoms with Crippen molar-refractivity contribution in [2.24, 2.45) is 0 Å². The van der Waals surface area contributed by atoms with Crippen molar-refractivity contribution in [2.75, 3.05) is 6.54 Å². The summed E-state index contributed by atoms with van der Waals surface area (Å²) in [4.78, 5) is 9.50. The number of hydrogen-bond acceptors (Lipinski definition) is 2. The standard InChI is InChI=1S/C6H11NO2/c1-3-6(2)4-5-7(8)9/h3H,4-5H2,1-2H3/b6-3+. The fraction of sp³-hybridized carbons (Fsp3) is 0.667. The quantitative estimate of drug-likeness (QED) is 0.330. The monoisotopic (exact) mass is 129 g/mol. The van der Waals surface area contributed by atoms with Crippen molar-refractivity contribution in [1.29, 1.82) is 0 Å². The molecule has 0 saturated heterocycles. The van der Waals surface area contributed by atoms with E-state index in [2.05, 4.69) is 0 Å². The molecule has 0 heterocycles. The second-order valence-corrected chi connectivity index (χ2v) is 1.94. The molecule has 0 rings (SSSR count). The summed E-state index contributed by atoms with van der Waals surface area (Å²) in [5.74, 6) is 0. The van der Waals surface area contributed by atoms with E-state index in [1.165, 1.54) is 0 Å². The van der Waals surface area contributed by atoms with Crippen LogP contribution in [0.4, 0.5) is 0 Å². The number of rotatable bonds is 3. The molecule has 0 aliphatic carbocycles. The molecule has 3 heteroatoms.